The molecule has 1 N–H and O–H groups in total. The molecule has 1 aliphatic heterocycles. The van der Waals surface area contributed by atoms with Gasteiger partial charge in [-0.3, -0.25) is 0 Å². The summed E-state index contributed by atoms with van der Waals surface area (Å²) in [6.07, 6.45) is 3.67. The summed E-state index contributed by atoms with van der Waals surface area (Å²) in [5.74, 6) is 2.48. The molecule has 0 radical (unpaired) electrons. The van der Waals surface area contributed by atoms with Crippen LogP contribution in [-0.4, -0.2) is 44.2 Å². The quantitative estimate of drug-likeness (QED) is 0.548. The molecule has 2 aromatic rings. The number of halogens is 1. The number of hydrogen-bond donors (Lipinski definition) is 1. The van der Waals surface area contributed by atoms with E-state index in [2.05, 4.69) is 57.5 Å². The molecule has 1 aromatic carbocycles. The standard InChI is InChI=1S/C20H26BrN3O2/c1-24(14-17-9-12-25-15-17)20(22-10-8-19-3-2-11-26-19)23-13-16-4-6-18(21)7-5-16/h2-7,11,17H,8-10,12-15H2,1H3,(H,22,23). The normalized spacial score (nSPS) is 17.5. The summed E-state index contributed by atoms with van der Waals surface area (Å²) in [7, 11) is 2.10. The van der Waals surface area contributed by atoms with E-state index in [1.165, 1.54) is 5.56 Å². The van der Waals surface area contributed by atoms with E-state index in [4.69, 9.17) is 14.1 Å². The van der Waals surface area contributed by atoms with Gasteiger partial charge in [0.05, 0.1) is 19.4 Å². The Kier molecular flexibility index (Phi) is 7.14. The van der Waals surface area contributed by atoms with Gasteiger partial charge in [-0.1, -0.05) is 28.1 Å². The van der Waals surface area contributed by atoms with Crippen molar-refractivity contribution in [2.75, 3.05) is 33.4 Å². The summed E-state index contributed by atoms with van der Waals surface area (Å²) in [4.78, 5) is 7.04. The molecular weight excluding hydrogens is 394 g/mol. The molecule has 1 aromatic heterocycles. The highest BCUT2D eigenvalue weighted by Crippen LogP contribution is 2.14. The summed E-state index contributed by atoms with van der Waals surface area (Å²) in [5, 5.41) is 3.48. The summed E-state index contributed by atoms with van der Waals surface area (Å²) in [6, 6.07) is 12.2. The largest absolute Gasteiger partial charge is 0.469 e. The van der Waals surface area contributed by atoms with Crippen LogP contribution in [0.15, 0.2) is 56.5 Å². The molecule has 3 rings (SSSR count). The van der Waals surface area contributed by atoms with Crippen molar-refractivity contribution in [2.45, 2.75) is 19.4 Å². The fraction of sp³-hybridized carbons (Fsp3) is 0.450. The van der Waals surface area contributed by atoms with Crippen LogP contribution >= 0.6 is 15.9 Å². The molecule has 1 unspecified atom stereocenters. The second-order valence-corrected chi connectivity index (χ2v) is 7.55. The maximum absolute atomic E-state index is 5.50. The minimum Gasteiger partial charge on any atom is -0.469 e. The van der Waals surface area contributed by atoms with Crippen molar-refractivity contribution in [1.29, 1.82) is 0 Å². The zero-order valence-corrected chi connectivity index (χ0v) is 16.7. The summed E-state index contributed by atoms with van der Waals surface area (Å²) in [6.45, 7) is 4.11. The Bertz CT molecular complexity index is 680. The van der Waals surface area contributed by atoms with Crippen LogP contribution < -0.4 is 5.32 Å². The van der Waals surface area contributed by atoms with Gasteiger partial charge in [0.2, 0.25) is 0 Å². The Hall–Kier alpha value is -1.79. The second-order valence-electron chi connectivity index (χ2n) is 6.63. The molecule has 0 spiro atoms. The maximum atomic E-state index is 5.50. The number of guanidine groups is 1. The van der Waals surface area contributed by atoms with Crippen molar-refractivity contribution in [3.05, 3.63) is 58.5 Å². The van der Waals surface area contributed by atoms with E-state index in [9.17, 15) is 0 Å². The van der Waals surface area contributed by atoms with Gasteiger partial charge in [0.1, 0.15) is 5.76 Å². The van der Waals surface area contributed by atoms with Crippen molar-refractivity contribution >= 4 is 21.9 Å². The van der Waals surface area contributed by atoms with Crippen LogP contribution in [0.4, 0.5) is 0 Å². The van der Waals surface area contributed by atoms with Crippen LogP contribution in [0.25, 0.3) is 0 Å². The zero-order chi connectivity index (χ0) is 18.2. The average Bonchev–Trinajstić information content (AvgIpc) is 3.33. The van der Waals surface area contributed by atoms with Gasteiger partial charge in [-0.2, -0.15) is 0 Å². The summed E-state index contributed by atoms with van der Waals surface area (Å²) >= 11 is 3.47. The third-order valence-electron chi connectivity index (χ3n) is 4.48. The molecular formula is C20H26BrN3O2. The zero-order valence-electron chi connectivity index (χ0n) is 15.2. The lowest BCUT2D eigenvalue weighted by atomic mass is 10.1. The van der Waals surface area contributed by atoms with Crippen LogP contribution in [0.1, 0.15) is 17.7 Å². The lowest BCUT2D eigenvalue weighted by Crippen LogP contribution is -2.42. The SMILES string of the molecule is CN(CC1CCOC1)C(=NCc1ccc(Br)cc1)NCCc1ccco1. The van der Waals surface area contributed by atoms with Crippen molar-refractivity contribution in [3.63, 3.8) is 0 Å². The van der Waals surface area contributed by atoms with E-state index in [1.54, 1.807) is 6.26 Å². The smallest absolute Gasteiger partial charge is 0.194 e. The number of rotatable bonds is 7. The van der Waals surface area contributed by atoms with Gasteiger partial charge in [-0.25, -0.2) is 4.99 Å². The molecule has 5 nitrogen and oxygen atoms in total. The second kappa shape index (κ2) is 9.78. The number of nitrogens with zero attached hydrogens (tertiary/aromatic N) is 2. The first-order chi connectivity index (χ1) is 12.7. The van der Waals surface area contributed by atoms with E-state index in [0.29, 0.717) is 12.5 Å². The Labute approximate surface area is 163 Å². The van der Waals surface area contributed by atoms with Crippen LogP contribution in [0, 0.1) is 5.92 Å². The number of ether oxygens (including phenoxy) is 1. The van der Waals surface area contributed by atoms with E-state index in [-0.39, 0.29) is 0 Å². The van der Waals surface area contributed by atoms with Crippen LogP contribution in [0.3, 0.4) is 0 Å². The Balaban J connectivity index is 1.60. The van der Waals surface area contributed by atoms with E-state index in [0.717, 1.165) is 55.3 Å². The van der Waals surface area contributed by atoms with Crippen LogP contribution in [0.2, 0.25) is 0 Å². The molecule has 1 fully saturated rings. The highest BCUT2D eigenvalue weighted by atomic mass is 79.9. The molecule has 0 amide bonds. The molecule has 0 saturated carbocycles. The third kappa shape index (κ3) is 5.88. The number of furan rings is 1. The fourth-order valence-corrected chi connectivity index (χ4v) is 3.29. The van der Waals surface area contributed by atoms with Gasteiger partial charge in [0.25, 0.3) is 0 Å². The monoisotopic (exact) mass is 419 g/mol. The number of benzene rings is 1. The molecule has 26 heavy (non-hydrogen) atoms. The van der Waals surface area contributed by atoms with Crippen molar-refractivity contribution in [1.82, 2.24) is 10.2 Å². The molecule has 1 aliphatic rings. The van der Waals surface area contributed by atoms with Gasteiger partial charge in [0, 0.05) is 43.6 Å². The molecule has 0 bridgehead atoms. The minimum atomic E-state index is 0.574. The fourth-order valence-electron chi connectivity index (χ4n) is 3.02. The Morgan fingerprint density at radius 2 is 2.15 bits per heavy atom. The highest BCUT2D eigenvalue weighted by molar-refractivity contribution is 9.10. The molecule has 0 aliphatic carbocycles. The first-order valence-corrected chi connectivity index (χ1v) is 9.84. The first-order valence-electron chi connectivity index (χ1n) is 9.05. The molecule has 1 saturated heterocycles. The molecule has 1 atom stereocenters. The van der Waals surface area contributed by atoms with Gasteiger partial charge in [0.15, 0.2) is 5.96 Å². The molecule has 2 heterocycles. The highest BCUT2D eigenvalue weighted by Gasteiger charge is 2.19. The van der Waals surface area contributed by atoms with E-state index < -0.39 is 0 Å². The molecule has 6 heteroatoms. The van der Waals surface area contributed by atoms with Gasteiger partial charge < -0.3 is 19.4 Å². The van der Waals surface area contributed by atoms with Crippen molar-refractivity contribution in [2.24, 2.45) is 10.9 Å². The average molecular weight is 420 g/mol. The number of aliphatic imine (C=N–C) groups is 1. The van der Waals surface area contributed by atoms with E-state index >= 15 is 0 Å². The molecule has 140 valence electrons. The predicted molar refractivity (Wildman–Crippen MR) is 107 cm³/mol. The lowest BCUT2D eigenvalue weighted by Gasteiger charge is -2.25. The third-order valence-corrected chi connectivity index (χ3v) is 5.01. The first kappa shape index (κ1) is 19.0. The predicted octanol–water partition coefficient (Wildman–Crippen LogP) is 3.70. The van der Waals surface area contributed by atoms with Crippen LogP contribution in [-0.2, 0) is 17.7 Å². The number of nitrogens with one attached hydrogen (secondary N) is 1. The van der Waals surface area contributed by atoms with Gasteiger partial charge >= 0.3 is 0 Å². The van der Waals surface area contributed by atoms with Crippen molar-refractivity contribution < 1.29 is 9.15 Å². The maximum Gasteiger partial charge on any atom is 0.194 e. The topological polar surface area (TPSA) is 50.0 Å². The Morgan fingerprint density at radius 3 is 2.85 bits per heavy atom. The summed E-state index contributed by atoms with van der Waals surface area (Å²) in [5.41, 5.74) is 1.19. The van der Waals surface area contributed by atoms with Gasteiger partial charge in [-0.15, -0.1) is 0 Å². The summed E-state index contributed by atoms with van der Waals surface area (Å²) < 4.78 is 12.0. The van der Waals surface area contributed by atoms with Crippen molar-refractivity contribution in [3.8, 4) is 0 Å². The lowest BCUT2D eigenvalue weighted by molar-refractivity contribution is 0.181. The van der Waals surface area contributed by atoms with Gasteiger partial charge in [-0.05, 0) is 36.2 Å². The van der Waals surface area contributed by atoms with E-state index in [1.807, 2.05) is 12.1 Å². The minimum absolute atomic E-state index is 0.574. The van der Waals surface area contributed by atoms with Crippen LogP contribution in [0.5, 0.6) is 0 Å². The number of hydrogen-bond acceptors (Lipinski definition) is 3. The Morgan fingerprint density at radius 1 is 1.31 bits per heavy atom.